The van der Waals surface area contributed by atoms with Crippen LogP contribution in [-0.2, 0) is 10.4 Å². The van der Waals surface area contributed by atoms with Crippen LogP contribution in [0.3, 0.4) is 0 Å². The van der Waals surface area contributed by atoms with E-state index in [0.717, 1.165) is 4.47 Å². The Morgan fingerprint density at radius 1 is 1.53 bits per heavy atom. The largest absolute Gasteiger partial charge is 0.495 e. The van der Waals surface area contributed by atoms with Gasteiger partial charge in [0.25, 0.3) is 0 Å². The number of methoxy groups -OCH3 is 1. The molecule has 0 radical (unpaired) electrons. The first kappa shape index (κ1) is 12.4. The fourth-order valence-electron chi connectivity index (χ4n) is 1.85. The number of anilines is 1. The summed E-state index contributed by atoms with van der Waals surface area (Å²) in [7, 11) is 1.54. The maximum atomic E-state index is 11.2. The molecule has 0 unspecified atom stereocenters. The zero-order chi connectivity index (χ0) is 12.6. The summed E-state index contributed by atoms with van der Waals surface area (Å²) in [6, 6.07) is 3.57. The molecule has 1 aromatic rings. The summed E-state index contributed by atoms with van der Waals surface area (Å²) in [6.45, 7) is 1.43. The van der Waals surface area contributed by atoms with Crippen molar-refractivity contribution in [3.05, 3.63) is 22.2 Å². The van der Waals surface area contributed by atoms with Gasteiger partial charge in [-0.05, 0) is 25.0 Å². The number of hydrogen-bond donors (Lipinski definition) is 2. The highest BCUT2D eigenvalue weighted by atomic mass is 79.9. The van der Waals surface area contributed by atoms with Crippen LogP contribution in [0.15, 0.2) is 16.6 Å². The van der Waals surface area contributed by atoms with Gasteiger partial charge >= 0.3 is 0 Å². The van der Waals surface area contributed by atoms with Crippen LogP contribution < -0.4 is 10.1 Å². The van der Waals surface area contributed by atoms with Gasteiger partial charge in [-0.25, -0.2) is 0 Å². The van der Waals surface area contributed by atoms with Gasteiger partial charge < -0.3 is 15.2 Å². The van der Waals surface area contributed by atoms with E-state index in [9.17, 15) is 9.90 Å². The van der Waals surface area contributed by atoms with Gasteiger partial charge in [-0.2, -0.15) is 0 Å². The molecular weight excluding hydrogens is 286 g/mol. The van der Waals surface area contributed by atoms with Crippen LogP contribution >= 0.6 is 15.9 Å². The Morgan fingerprint density at radius 3 is 2.65 bits per heavy atom. The summed E-state index contributed by atoms with van der Waals surface area (Å²) in [5, 5.41) is 13.0. The van der Waals surface area contributed by atoms with Gasteiger partial charge in [-0.15, -0.1) is 0 Å². The van der Waals surface area contributed by atoms with Crippen molar-refractivity contribution in [2.75, 3.05) is 12.4 Å². The van der Waals surface area contributed by atoms with Crippen molar-refractivity contribution in [2.24, 2.45) is 0 Å². The predicted molar refractivity (Wildman–Crippen MR) is 68.1 cm³/mol. The van der Waals surface area contributed by atoms with Gasteiger partial charge in [-0.3, -0.25) is 4.79 Å². The van der Waals surface area contributed by atoms with Crippen LogP contribution in [0.5, 0.6) is 5.75 Å². The molecule has 0 aliphatic heterocycles. The molecule has 1 saturated carbocycles. The standard InChI is InChI=1S/C12H14BrNO3/c1-7(15)14-11-9(17-2)4-3-8(13)10(11)12(16)5-6-12/h3-4,16H,5-6H2,1-2H3,(H,14,15). The molecule has 0 aromatic heterocycles. The zero-order valence-electron chi connectivity index (χ0n) is 9.71. The number of amides is 1. The van der Waals surface area contributed by atoms with Crippen molar-refractivity contribution < 1.29 is 14.6 Å². The summed E-state index contributed by atoms with van der Waals surface area (Å²) >= 11 is 3.41. The SMILES string of the molecule is COc1ccc(Br)c(C2(O)CC2)c1NC(C)=O. The van der Waals surface area contributed by atoms with Gasteiger partial charge in [0.15, 0.2) is 0 Å². The Morgan fingerprint density at radius 2 is 2.18 bits per heavy atom. The van der Waals surface area contributed by atoms with E-state index >= 15 is 0 Å². The third-order valence-corrected chi connectivity index (χ3v) is 3.49. The van der Waals surface area contributed by atoms with Crippen molar-refractivity contribution in [3.8, 4) is 5.75 Å². The maximum absolute atomic E-state index is 11.2. The number of benzene rings is 1. The minimum Gasteiger partial charge on any atom is -0.495 e. The van der Waals surface area contributed by atoms with Gasteiger partial charge in [0.1, 0.15) is 5.75 Å². The van der Waals surface area contributed by atoms with Crippen LogP contribution in [0, 0.1) is 0 Å². The number of carbonyl (C=O) groups excluding carboxylic acids is 1. The Bertz CT molecular complexity index is 469. The molecule has 0 saturated heterocycles. The minimum atomic E-state index is -0.842. The lowest BCUT2D eigenvalue weighted by Gasteiger charge is -2.19. The van der Waals surface area contributed by atoms with E-state index in [-0.39, 0.29) is 5.91 Å². The van der Waals surface area contributed by atoms with Crippen LogP contribution in [0.25, 0.3) is 0 Å². The molecule has 1 fully saturated rings. The summed E-state index contributed by atoms with van der Waals surface area (Å²) in [6.07, 6.45) is 1.40. The quantitative estimate of drug-likeness (QED) is 0.901. The fourth-order valence-corrected chi connectivity index (χ4v) is 2.55. The normalized spacial score (nSPS) is 16.5. The van der Waals surface area contributed by atoms with Crippen molar-refractivity contribution in [3.63, 3.8) is 0 Å². The van der Waals surface area contributed by atoms with E-state index in [1.54, 1.807) is 6.07 Å². The molecule has 1 amide bonds. The van der Waals surface area contributed by atoms with E-state index in [4.69, 9.17) is 4.74 Å². The lowest BCUT2D eigenvalue weighted by Crippen LogP contribution is -2.15. The lowest BCUT2D eigenvalue weighted by molar-refractivity contribution is -0.114. The molecule has 2 rings (SSSR count). The summed E-state index contributed by atoms with van der Waals surface area (Å²) in [5.41, 5.74) is 0.409. The average Bonchev–Trinajstić information content (AvgIpc) is 2.96. The monoisotopic (exact) mass is 299 g/mol. The van der Waals surface area contributed by atoms with Crippen LogP contribution in [0.2, 0.25) is 0 Å². The second-order valence-corrected chi connectivity index (χ2v) is 5.07. The highest BCUT2D eigenvalue weighted by molar-refractivity contribution is 9.10. The molecule has 0 atom stereocenters. The summed E-state index contributed by atoms with van der Waals surface area (Å²) < 4.78 is 6.00. The summed E-state index contributed by atoms with van der Waals surface area (Å²) in [5.74, 6) is 0.366. The molecule has 1 aromatic carbocycles. The molecule has 92 valence electrons. The Hall–Kier alpha value is -1.07. The third kappa shape index (κ3) is 2.30. The van der Waals surface area contributed by atoms with Crippen molar-refractivity contribution in [1.82, 2.24) is 0 Å². The van der Waals surface area contributed by atoms with Crippen molar-refractivity contribution >= 4 is 27.5 Å². The number of carbonyl (C=O) groups is 1. The molecule has 1 aliphatic carbocycles. The van der Waals surface area contributed by atoms with Crippen LogP contribution in [-0.4, -0.2) is 18.1 Å². The first-order valence-electron chi connectivity index (χ1n) is 5.35. The smallest absolute Gasteiger partial charge is 0.221 e. The molecule has 2 N–H and O–H groups in total. The number of aliphatic hydroxyl groups is 1. The van der Waals surface area contributed by atoms with Gasteiger partial charge in [0.05, 0.1) is 18.4 Å². The molecular formula is C12H14BrNO3. The minimum absolute atomic E-state index is 0.188. The number of ether oxygens (including phenoxy) is 1. The van der Waals surface area contributed by atoms with E-state index in [1.807, 2.05) is 6.07 Å². The van der Waals surface area contributed by atoms with E-state index in [2.05, 4.69) is 21.2 Å². The second kappa shape index (κ2) is 4.31. The average molecular weight is 300 g/mol. The second-order valence-electron chi connectivity index (χ2n) is 4.21. The van der Waals surface area contributed by atoms with E-state index in [0.29, 0.717) is 29.8 Å². The topological polar surface area (TPSA) is 58.6 Å². The first-order chi connectivity index (χ1) is 7.98. The molecule has 5 heteroatoms. The third-order valence-electron chi connectivity index (χ3n) is 2.83. The predicted octanol–water partition coefficient (Wildman–Crippen LogP) is 2.40. The fraction of sp³-hybridized carbons (Fsp3) is 0.417. The van der Waals surface area contributed by atoms with Crippen molar-refractivity contribution in [2.45, 2.75) is 25.4 Å². The van der Waals surface area contributed by atoms with E-state index in [1.165, 1.54) is 14.0 Å². The molecule has 4 nitrogen and oxygen atoms in total. The Labute approximate surface area is 108 Å². The van der Waals surface area contributed by atoms with Crippen LogP contribution in [0.1, 0.15) is 25.3 Å². The van der Waals surface area contributed by atoms with Crippen LogP contribution in [0.4, 0.5) is 5.69 Å². The van der Waals surface area contributed by atoms with Gasteiger partial charge in [-0.1, -0.05) is 15.9 Å². The number of hydrogen-bond acceptors (Lipinski definition) is 3. The Kier molecular flexibility index (Phi) is 3.14. The lowest BCUT2D eigenvalue weighted by atomic mass is 10.0. The molecule has 0 bridgehead atoms. The zero-order valence-corrected chi connectivity index (χ0v) is 11.3. The highest BCUT2D eigenvalue weighted by Gasteiger charge is 2.46. The number of rotatable bonds is 3. The maximum Gasteiger partial charge on any atom is 0.221 e. The molecule has 17 heavy (non-hydrogen) atoms. The van der Waals surface area contributed by atoms with E-state index < -0.39 is 5.60 Å². The molecule has 0 heterocycles. The highest BCUT2D eigenvalue weighted by Crippen LogP contribution is 2.52. The number of nitrogens with one attached hydrogen (secondary N) is 1. The van der Waals surface area contributed by atoms with Gasteiger partial charge in [0.2, 0.25) is 5.91 Å². The van der Waals surface area contributed by atoms with Gasteiger partial charge in [0, 0.05) is 17.0 Å². The summed E-state index contributed by atoms with van der Waals surface area (Å²) in [4.78, 5) is 11.2. The molecule has 0 spiro atoms. The van der Waals surface area contributed by atoms with Crippen molar-refractivity contribution in [1.29, 1.82) is 0 Å². The number of halogens is 1. The molecule has 1 aliphatic rings. The first-order valence-corrected chi connectivity index (χ1v) is 6.14. The Balaban J connectivity index is 2.57.